The van der Waals surface area contributed by atoms with E-state index in [1.165, 1.54) is 0 Å². The van der Waals surface area contributed by atoms with Gasteiger partial charge < -0.3 is 9.15 Å². The Labute approximate surface area is 157 Å². The molecule has 0 amide bonds. The van der Waals surface area contributed by atoms with Crippen LogP contribution in [0.15, 0.2) is 75.9 Å². The summed E-state index contributed by atoms with van der Waals surface area (Å²) in [5, 5.41) is 0.970. The van der Waals surface area contributed by atoms with Crippen LogP contribution in [-0.2, 0) is 0 Å². The van der Waals surface area contributed by atoms with Crippen LogP contribution in [0, 0.1) is 13.8 Å². The molecule has 1 heterocycles. The normalized spacial score (nSPS) is 10.9. The van der Waals surface area contributed by atoms with Crippen LogP contribution in [0.1, 0.15) is 11.1 Å². The predicted octanol–water partition coefficient (Wildman–Crippen LogP) is 5.75. The Morgan fingerprint density at radius 1 is 0.852 bits per heavy atom. The van der Waals surface area contributed by atoms with Crippen LogP contribution in [-0.4, -0.2) is 7.11 Å². The lowest BCUT2D eigenvalue weighted by Crippen LogP contribution is -2.01. The summed E-state index contributed by atoms with van der Waals surface area (Å²) >= 11 is 0. The average molecular weight is 356 g/mol. The Morgan fingerprint density at radius 3 is 2.22 bits per heavy atom. The molecular formula is C24H20O3. The molecule has 0 radical (unpaired) electrons. The van der Waals surface area contributed by atoms with Gasteiger partial charge in [0.05, 0.1) is 7.11 Å². The Morgan fingerprint density at radius 2 is 1.56 bits per heavy atom. The van der Waals surface area contributed by atoms with Gasteiger partial charge in [0.25, 0.3) is 0 Å². The zero-order valence-corrected chi connectivity index (χ0v) is 15.6. The fourth-order valence-corrected chi connectivity index (χ4v) is 3.74. The molecule has 4 aromatic rings. The largest absolute Gasteiger partial charge is 0.497 e. The lowest BCUT2D eigenvalue weighted by molar-refractivity contribution is 0.415. The predicted molar refractivity (Wildman–Crippen MR) is 109 cm³/mol. The van der Waals surface area contributed by atoms with Crippen molar-refractivity contribution in [1.82, 2.24) is 0 Å². The second kappa shape index (κ2) is 6.76. The van der Waals surface area contributed by atoms with E-state index in [-0.39, 0.29) is 5.63 Å². The number of ether oxygens (including phenoxy) is 1. The van der Waals surface area contributed by atoms with E-state index in [0.717, 1.165) is 44.5 Å². The van der Waals surface area contributed by atoms with Crippen molar-refractivity contribution in [2.24, 2.45) is 0 Å². The van der Waals surface area contributed by atoms with Crippen molar-refractivity contribution in [3.05, 3.63) is 88.3 Å². The number of benzene rings is 3. The van der Waals surface area contributed by atoms with E-state index in [4.69, 9.17) is 9.15 Å². The molecule has 3 heteroatoms. The summed E-state index contributed by atoms with van der Waals surface area (Å²) in [6.07, 6.45) is 0. The van der Waals surface area contributed by atoms with Crippen molar-refractivity contribution in [3.8, 4) is 28.0 Å². The first-order chi connectivity index (χ1) is 13.1. The highest BCUT2D eigenvalue weighted by molar-refractivity contribution is 6.00. The summed E-state index contributed by atoms with van der Waals surface area (Å²) in [7, 11) is 1.66. The first kappa shape index (κ1) is 17.1. The Bertz CT molecular complexity index is 1170. The number of hydrogen-bond acceptors (Lipinski definition) is 3. The van der Waals surface area contributed by atoms with Gasteiger partial charge in [-0.05, 0) is 59.9 Å². The van der Waals surface area contributed by atoms with Crippen molar-refractivity contribution in [2.75, 3.05) is 7.11 Å². The second-order valence-electron chi connectivity index (χ2n) is 6.64. The van der Waals surface area contributed by atoms with Gasteiger partial charge in [0.15, 0.2) is 0 Å². The van der Waals surface area contributed by atoms with Gasteiger partial charge in [-0.3, -0.25) is 0 Å². The number of methoxy groups -OCH3 is 1. The van der Waals surface area contributed by atoms with Crippen molar-refractivity contribution < 1.29 is 9.15 Å². The van der Waals surface area contributed by atoms with Gasteiger partial charge in [-0.1, -0.05) is 42.5 Å². The molecule has 0 unspecified atom stereocenters. The fraction of sp³-hybridized carbons (Fsp3) is 0.125. The minimum atomic E-state index is -0.336. The van der Waals surface area contributed by atoms with Crippen molar-refractivity contribution in [1.29, 1.82) is 0 Å². The molecule has 0 saturated carbocycles. The zero-order valence-electron chi connectivity index (χ0n) is 15.6. The molecular weight excluding hydrogens is 336 g/mol. The van der Waals surface area contributed by atoms with E-state index >= 15 is 0 Å². The lowest BCUT2D eigenvalue weighted by Gasteiger charge is -2.16. The van der Waals surface area contributed by atoms with Crippen molar-refractivity contribution >= 4 is 11.0 Å². The molecule has 1 aromatic heterocycles. The molecule has 0 saturated heterocycles. The minimum Gasteiger partial charge on any atom is -0.497 e. The molecule has 27 heavy (non-hydrogen) atoms. The minimum absolute atomic E-state index is 0.336. The van der Waals surface area contributed by atoms with Gasteiger partial charge in [-0.25, -0.2) is 4.79 Å². The summed E-state index contributed by atoms with van der Waals surface area (Å²) < 4.78 is 10.8. The first-order valence-electron chi connectivity index (χ1n) is 8.86. The van der Waals surface area contributed by atoms with Crippen LogP contribution >= 0.6 is 0 Å². The monoisotopic (exact) mass is 356 g/mol. The third-order valence-electron chi connectivity index (χ3n) is 4.94. The summed E-state index contributed by atoms with van der Waals surface area (Å²) in [4.78, 5) is 12.1. The molecule has 4 rings (SSSR count). The highest BCUT2D eigenvalue weighted by Gasteiger charge is 2.16. The quantitative estimate of drug-likeness (QED) is 0.439. The third kappa shape index (κ3) is 3.02. The van der Waals surface area contributed by atoms with Crippen molar-refractivity contribution in [3.63, 3.8) is 0 Å². The van der Waals surface area contributed by atoms with Gasteiger partial charge in [-0.2, -0.15) is 0 Å². The zero-order chi connectivity index (χ0) is 19.0. The van der Waals surface area contributed by atoms with E-state index in [1.54, 1.807) is 13.2 Å². The van der Waals surface area contributed by atoms with Crippen LogP contribution in [0.5, 0.6) is 5.75 Å². The highest BCUT2D eigenvalue weighted by Crippen LogP contribution is 2.37. The van der Waals surface area contributed by atoms with E-state index in [2.05, 4.69) is 19.1 Å². The molecule has 0 aliphatic heterocycles. The average Bonchev–Trinajstić information content (AvgIpc) is 2.68. The topological polar surface area (TPSA) is 39.4 Å². The Balaban J connectivity index is 2.05. The third-order valence-corrected chi connectivity index (χ3v) is 4.94. The molecule has 3 nitrogen and oxygen atoms in total. The SMILES string of the molecule is COc1ccc(-c2c(C)cc3oc(=O)cc(-c4ccccc4)c3c2C)cc1. The van der Waals surface area contributed by atoms with E-state index in [9.17, 15) is 4.79 Å². The molecule has 0 spiro atoms. The molecule has 3 aromatic carbocycles. The smallest absolute Gasteiger partial charge is 0.336 e. The standard InChI is InChI=1S/C24H20O3/c1-15-13-21-24(16(2)23(15)18-9-11-19(26-3)12-10-18)20(14-22(25)27-21)17-7-5-4-6-8-17/h4-14H,1-3H3. The first-order valence-corrected chi connectivity index (χ1v) is 8.86. The Hall–Kier alpha value is -3.33. The van der Waals surface area contributed by atoms with E-state index < -0.39 is 0 Å². The van der Waals surface area contributed by atoms with Crippen LogP contribution in [0.25, 0.3) is 33.2 Å². The highest BCUT2D eigenvalue weighted by atomic mass is 16.5. The molecule has 0 N–H and O–H groups in total. The summed E-state index contributed by atoms with van der Waals surface area (Å²) in [6.45, 7) is 4.13. The van der Waals surface area contributed by atoms with Crippen LogP contribution in [0.3, 0.4) is 0 Å². The van der Waals surface area contributed by atoms with Gasteiger partial charge >= 0.3 is 5.63 Å². The molecule has 0 aliphatic carbocycles. The lowest BCUT2D eigenvalue weighted by atomic mass is 9.90. The maximum absolute atomic E-state index is 12.1. The number of hydrogen-bond donors (Lipinski definition) is 0. The van der Waals surface area contributed by atoms with Crippen LogP contribution in [0.4, 0.5) is 0 Å². The van der Waals surface area contributed by atoms with Crippen molar-refractivity contribution in [2.45, 2.75) is 13.8 Å². The van der Waals surface area contributed by atoms with Gasteiger partial charge in [0.2, 0.25) is 0 Å². The number of aryl methyl sites for hydroxylation is 2. The van der Waals surface area contributed by atoms with Gasteiger partial charge in [0.1, 0.15) is 11.3 Å². The molecule has 0 fully saturated rings. The summed E-state index contributed by atoms with van der Waals surface area (Å²) in [5.74, 6) is 0.825. The molecule has 0 atom stereocenters. The van der Waals surface area contributed by atoms with E-state index in [0.29, 0.717) is 5.58 Å². The summed E-state index contributed by atoms with van der Waals surface area (Å²) in [6, 6.07) is 21.5. The number of rotatable bonds is 3. The molecule has 134 valence electrons. The van der Waals surface area contributed by atoms with Crippen LogP contribution in [0.2, 0.25) is 0 Å². The Kier molecular flexibility index (Phi) is 4.28. The molecule has 0 bridgehead atoms. The van der Waals surface area contributed by atoms with E-state index in [1.807, 2.05) is 55.5 Å². The van der Waals surface area contributed by atoms with Gasteiger partial charge in [-0.15, -0.1) is 0 Å². The van der Waals surface area contributed by atoms with Gasteiger partial charge in [0, 0.05) is 17.0 Å². The second-order valence-corrected chi connectivity index (χ2v) is 6.64. The summed E-state index contributed by atoms with van der Waals surface area (Å²) in [5.41, 5.74) is 6.61. The maximum atomic E-state index is 12.1. The van der Waals surface area contributed by atoms with Crippen LogP contribution < -0.4 is 10.4 Å². The fourth-order valence-electron chi connectivity index (χ4n) is 3.74. The number of fused-ring (bicyclic) bond motifs is 1. The maximum Gasteiger partial charge on any atom is 0.336 e. The molecule has 0 aliphatic rings.